The number of nitrogens with zero attached hydrogens (tertiary/aromatic N) is 3. The fraction of sp³-hybridized carbons (Fsp3) is 0.0351. The second-order valence-electron chi connectivity index (χ2n) is 16.7. The summed E-state index contributed by atoms with van der Waals surface area (Å²) < 4.78 is 77.1. The lowest BCUT2D eigenvalue weighted by atomic mass is 9.79. The van der Waals surface area contributed by atoms with Crippen LogP contribution in [0.1, 0.15) is 27.8 Å². The van der Waals surface area contributed by atoms with Crippen molar-refractivity contribution < 1.29 is 17.6 Å². The van der Waals surface area contributed by atoms with Crippen LogP contribution >= 0.6 is 0 Å². The number of nitriles is 1. The average molecular weight is 834 g/mol. The Morgan fingerprint density at radius 2 is 0.734 bits per heavy atom. The first-order valence-electron chi connectivity index (χ1n) is 21.1. The zero-order valence-electron chi connectivity index (χ0n) is 33.8. The minimum Gasteiger partial charge on any atom is -0.308 e. The van der Waals surface area contributed by atoms with Crippen LogP contribution in [0.3, 0.4) is 0 Å². The van der Waals surface area contributed by atoms with Crippen LogP contribution in [0.25, 0.3) is 99.5 Å². The van der Waals surface area contributed by atoms with Crippen molar-refractivity contribution >= 4 is 43.6 Å². The summed E-state index contributed by atoms with van der Waals surface area (Å²) in [5.41, 5.74) is 4.19. The second-order valence-corrected chi connectivity index (χ2v) is 16.7. The van der Waals surface area contributed by atoms with Crippen molar-refractivity contribution in [1.29, 1.82) is 5.26 Å². The van der Waals surface area contributed by atoms with E-state index < -0.39 is 28.5 Å². The molecular formula is C57H31F4N3. The monoisotopic (exact) mass is 833 g/mol. The Balaban J connectivity index is 1.20. The summed E-state index contributed by atoms with van der Waals surface area (Å²) in [6.07, 6.45) is 0. The molecule has 0 aliphatic carbocycles. The van der Waals surface area contributed by atoms with E-state index in [0.29, 0.717) is 32.9 Å². The molecule has 0 saturated carbocycles. The molecule has 2 aliphatic rings. The molecule has 0 amide bonds. The Morgan fingerprint density at radius 3 is 1.11 bits per heavy atom. The molecule has 7 heteroatoms. The summed E-state index contributed by atoms with van der Waals surface area (Å²) in [5.74, 6) is -7.78. The summed E-state index contributed by atoms with van der Waals surface area (Å²) in [7, 11) is 0. The van der Waals surface area contributed by atoms with Gasteiger partial charge in [0.05, 0.1) is 61.3 Å². The van der Waals surface area contributed by atoms with Crippen LogP contribution in [0.5, 0.6) is 0 Å². The number of hydrogen-bond acceptors (Lipinski definition) is 1. The van der Waals surface area contributed by atoms with Crippen molar-refractivity contribution in [2.24, 2.45) is 0 Å². The van der Waals surface area contributed by atoms with Crippen molar-refractivity contribution in [3.8, 4) is 62.0 Å². The summed E-state index contributed by atoms with van der Waals surface area (Å²) in [5, 5.41) is 13.9. The van der Waals surface area contributed by atoms with Gasteiger partial charge in [-0.05, 0) is 74.8 Å². The van der Waals surface area contributed by atoms with E-state index in [0.717, 1.165) is 33.0 Å². The van der Waals surface area contributed by atoms with E-state index in [1.807, 2.05) is 127 Å². The minimum absolute atomic E-state index is 0.0140. The maximum atomic E-state index is 18.4. The van der Waals surface area contributed by atoms with Crippen molar-refractivity contribution in [2.75, 3.05) is 0 Å². The quantitative estimate of drug-likeness (QED) is 0.163. The Labute approximate surface area is 363 Å². The third kappa shape index (κ3) is 4.74. The van der Waals surface area contributed by atoms with E-state index in [9.17, 15) is 5.26 Å². The Hall–Kier alpha value is -8.21. The van der Waals surface area contributed by atoms with Crippen LogP contribution in [-0.4, -0.2) is 9.13 Å². The average Bonchev–Trinajstić information content (AvgIpc) is 3.85. The predicted octanol–water partition coefficient (Wildman–Crippen LogP) is 15.3. The highest BCUT2D eigenvalue weighted by atomic mass is 19.3. The fourth-order valence-electron chi connectivity index (χ4n) is 10.7. The first kappa shape index (κ1) is 36.4. The lowest BCUT2D eigenvalue weighted by molar-refractivity contribution is 0.0354. The number of aromatic nitrogens is 2. The molecule has 4 heterocycles. The van der Waals surface area contributed by atoms with Gasteiger partial charge in [-0.25, -0.2) is 0 Å². The molecule has 0 atom stereocenters. The lowest BCUT2D eigenvalue weighted by Crippen LogP contribution is -2.32. The number of fused-ring (bicyclic) bond motifs is 10. The van der Waals surface area contributed by atoms with Gasteiger partial charge < -0.3 is 9.13 Å². The Bertz CT molecular complexity index is 3580. The highest BCUT2D eigenvalue weighted by molar-refractivity contribution is 6.16. The summed E-state index contributed by atoms with van der Waals surface area (Å²) in [6.45, 7) is 0. The van der Waals surface area contributed by atoms with Gasteiger partial charge in [-0.15, -0.1) is 0 Å². The highest BCUT2D eigenvalue weighted by Crippen LogP contribution is 2.60. The molecule has 9 aromatic carbocycles. The van der Waals surface area contributed by atoms with Crippen LogP contribution in [0, 0.1) is 11.3 Å². The topological polar surface area (TPSA) is 33.6 Å². The maximum absolute atomic E-state index is 18.4. The van der Waals surface area contributed by atoms with Gasteiger partial charge in [-0.2, -0.15) is 22.8 Å². The van der Waals surface area contributed by atoms with Gasteiger partial charge in [0.15, 0.2) is 0 Å². The van der Waals surface area contributed by atoms with Crippen LogP contribution in [0.4, 0.5) is 17.6 Å². The number of benzene rings is 9. The first-order valence-corrected chi connectivity index (χ1v) is 21.1. The first-order chi connectivity index (χ1) is 31.3. The summed E-state index contributed by atoms with van der Waals surface area (Å²) in [6, 6.07) is 59.9. The predicted molar refractivity (Wildman–Crippen MR) is 248 cm³/mol. The normalized spacial score (nSPS) is 14.2. The van der Waals surface area contributed by atoms with Crippen molar-refractivity contribution in [3.05, 3.63) is 216 Å². The summed E-state index contributed by atoms with van der Waals surface area (Å²) >= 11 is 0. The van der Waals surface area contributed by atoms with Crippen LogP contribution in [0.15, 0.2) is 188 Å². The van der Waals surface area contributed by atoms with E-state index in [1.54, 1.807) is 69.8 Å². The molecule has 2 aromatic heterocycles. The molecule has 13 rings (SSSR count). The maximum Gasteiger partial charge on any atom is 0.304 e. The molecule has 0 N–H and O–H groups in total. The fourth-order valence-corrected chi connectivity index (χ4v) is 10.7. The molecule has 0 spiro atoms. The zero-order valence-corrected chi connectivity index (χ0v) is 33.8. The van der Waals surface area contributed by atoms with Gasteiger partial charge in [0.2, 0.25) is 0 Å². The molecule has 2 aliphatic heterocycles. The molecule has 0 bridgehead atoms. The van der Waals surface area contributed by atoms with Crippen molar-refractivity contribution in [1.82, 2.24) is 9.13 Å². The van der Waals surface area contributed by atoms with Gasteiger partial charge in [-0.1, -0.05) is 158 Å². The summed E-state index contributed by atoms with van der Waals surface area (Å²) in [4.78, 5) is 0. The van der Waals surface area contributed by atoms with E-state index >= 15 is 17.6 Å². The molecule has 302 valence electrons. The zero-order chi connectivity index (χ0) is 43.1. The molecule has 11 aromatic rings. The third-order valence-corrected chi connectivity index (χ3v) is 13.4. The van der Waals surface area contributed by atoms with Crippen LogP contribution < -0.4 is 0 Å². The molecule has 0 radical (unpaired) electrons. The van der Waals surface area contributed by atoms with Crippen LogP contribution in [0.2, 0.25) is 0 Å². The SMILES string of the molecule is N#Cc1c2c(cc3c1C(F)(F)c1c(-c4ccccc4)ccc4c5cc(-c6ccccc6)ccc5n-3c14)-n1c3ccc(-c4ccccc4)cc3c3ccc(-c4ccccc4)c(c31)C2(F)F. The molecule has 0 unspecified atom stereocenters. The van der Waals surface area contributed by atoms with E-state index in [4.69, 9.17) is 0 Å². The largest absolute Gasteiger partial charge is 0.308 e. The second kappa shape index (κ2) is 12.9. The number of halogens is 4. The molecule has 0 fully saturated rings. The van der Waals surface area contributed by atoms with E-state index in [2.05, 4.69) is 0 Å². The number of rotatable bonds is 4. The molecule has 64 heavy (non-hydrogen) atoms. The minimum atomic E-state index is -3.89. The van der Waals surface area contributed by atoms with Gasteiger partial charge in [0.25, 0.3) is 0 Å². The third-order valence-electron chi connectivity index (χ3n) is 13.4. The van der Waals surface area contributed by atoms with Gasteiger partial charge in [0.1, 0.15) is 6.07 Å². The highest BCUT2D eigenvalue weighted by Gasteiger charge is 2.54. The van der Waals surface area contributed by atoms with Crippen molar-refractivity contribution in [3.63, 3.8) is 0 Å². The lowest BCUT2D eigenvalue weighted by Gasteiger charge is -2.36. The molecular weight excluding hydrogens is 803 g/mol. The molecule has 3 nitrogen and oxygen atoms in total. The standard InChI is InChI=1S/C57H31F4N3/c58-56(59)50-45(32-62)51-49(31-48(50)63-46-27-21-37(33-13-5-1-6-14-33)29-43(46)41-25-23-39(52(56)54(41)63)35-17-9-3-10-18-35)64-47-28-22-38(34-15-7-2-8-16-34)30-44(47)42-26-24-40(36-19-11-4-12-20-36)53(55(42)64)57(51,60)61/h1-31H. The van der Waals surface area contributed by atoms with Gasteiger partial charge in [-0.3, -0.25) is 0 Å². The van der Waals surface area contributed by atoms with E-state index in [1.165, 1.54) is 6.07 Å². The number of alkyl halides is 4. The van der Waals surface area contributed by atoms with Gasteiger partial charge >= 0.3 is 11.8 Å². The Kier molecular flexibility index (Phi) is 7.35. The Morgan fingerprint density at radius 1 is 0.359 bits per heavy atom. The molecule has 0 saturated heterocycles. The number of hydrogen-bond donors (Lipinski definition) is 0. The van der Waals surface area contributed by atoms with Crippen LogP contribution in [-0.2, 0) is 11.8 Å². The van der Waals surface area contributed by atoms with E-state index in [-0.39, 0.29) is 44.7 Å². The van der Waals surface area contributed by atoms with Crippen molar-refractivity contribution in [2.45, 2.75) is 11.8 Å². The van der Waals surface area contributed by atoms with Gasteiger partial charge in [0, 0.05) is 21.5 Å². The smallest absolute Gasteiger partial charge is 0.304 e.